The minimum Gasteiger partial charge on any atom is -0.383 e. The molecular formula is C8H6N4O2. The van der Waals surface area contributed by atoms with Crippen LogP contribution < -0.4 is 5.73 Å². The van der Waals surface area contributed by atoms with E-state index in [0.717, 1.165) is 0 Å². The number of anilines is 1. The Bertz CT molecular complexity index is 512. The largest absolute Gasteiger partial charge is 0.383 e. The number of rotatable bonds is 1. The van der Waals surface area contributed by atoms with Gasteiger partial charge in [-0.1, -0.05) is 6.07 Å². The predicted molar refractivity (Wildman–Crippen MR) is 50.6 cm³/mol. The fourth-order valence-corrected chi connectivity index (χ4v) is 1.24. The average Bonchev–Trinajstić information content (AvgIpc) is 2.17. The molecule has 14 heavy (non-hydrogen) atoms. The van der Waals surface area contributed by atoms with Crippen molar-refractivity contribution in [2.45, 2.75) is 0 Å². The lowest BCUT2D eigenvalue weighted by Gasteiger charge is -1.99. The van der Waals surface area contributed by atoms with Crippen molar-refractivity contribution in [1.82, 2.24) is 9.97 Å². The van der Waals surface area contributed by atoms with E-state index in [2.05, 4.69) is 9.97 Å². The molecule has 0 saturated heterocycles. The first-order chi connectivity index (χ1) is 6.70. The summed E-state index contributed by atoms with van der Waals surface area (Å²) in [7, 11) is 0. The van der Waals surface area contributed by atoms with Gasteiger partial charge >= 0.3 is 0 Å². The van der Waals surface area contributed by atoms with Crippen molar-refractivity contribution in [3.63, 3.8) is 0 Å². The molecule has 6 heteroatoms. The third kappa shape index (κ3) is 1.13. The molecule has 0 amide bonds. The van der Waals surface area contributed by atoms with Gasteiger partial charge in [0.05, 0.1) is 4.92 Å². The van der Waals surface area contributed by atoms with E-state index in [4.69, 9.17) is 5.73 Å². The van der Waals surface area contributed by atoms with Crippen molar-refractivity contribution in [3.8, 4) is 0 Å². The number of non-ortho nitro benzene ring substituents is 1. The van der Waals surface area contributed by atoms with E-state index < -0.39 is 4.92 Å². The first kappa shape index (κ1) is 8.36. The minimum absolute atomic E-state index is 0.0587. The minimum atomic E-state index is -0.491. The smallest absolute Gasteiger partial charge is 0.295 e. The van der Waals surface area contributed by atoms with E-state index in [0.29, 0.717) is 5.39 Å². The van der Waals surface area contributed by atoms with Crippen LogP contribution in [0.25, 0.3) is 10.9 Å². The Balaban J connectivity index is 2.88. The summed E-state index contributed by atoms with van der Waals surface area (Å²) in [6.07, 6.45) is 1.21. The molecule has 0 aliphatic rings. The van der Waals surface area contributed by atoms with Gasteiger partial charge in [-0.05, 0) is 6.07 Å². The Hall–Kier alpha value is -2.24. The van der Waals surface area contributed by atoms with Gasteiger partial charge in [0, 0.05) is 11.5 Å². The highest BCUT2D eigenvalue weighted by Crippen LogP contribution is 2.25. The summed E-state index contributed by atoms with van der Waals surface area (Å²) in [4.78, 5) is 17.7. The van der Waals surface area contributed by atoms with Crippen LogP contribution in [0, 0.1) is 10.1 Å². The molecule has 2 rings (SSSR count). The predicted octanol–water partition coefficient (Wildman–Crippen LogP) is 1.12. The number of fused-ring (bicyclic) bond motifs is 1. The summed E-state index contributed by atoms with van der Waals surface area (Å²) in [6.45, 7) is 0. The molecule has 0 aliphatic heterocycles. The molecule has 2 aromatic rings. The number of para-hydroxylation sites is 1. The zero-order valence-corrected chi connectivity index (χ0v) is 7.04. The molecule has 0 radical (unpaired) electrons. The Labute approximate surface area is 78.5 Å². The van der Waals surface area contributed by atoms with Crippen molar-refractivity contribution in [1.29, 1.82) is 0 Å². The van der Waals surface area contributed by atoms with E-state index in [1.165, 1.54) is 12.4 Å². The van der Waals surface area contributed by atoms with Gasteiger partial charge < -0.3 is 5.73 Å². The third-order valence-electron chi connectivity index (χ3n) is 1.87. The maximum absolute atomic E-state index is 10.6. The van der Waals surface area contributed by atoms with E-state index >= 15 is 0 Å². The highest BCUT2D eigenvalue weighted by Gasteiger charge is 2.13. The van der Waals surface area contributed by atoms with Crippen molar-refractivity contribution in [2.24, 2.45) is 0 Å². The summed E-state index contributed by atoms with van der Waals surface area (Å²) in [5.41, 5.74) is 5.76. The number of benzene rings is 1. The molecule has 1 aromatic heterocycles. The lowest BCUT2D eigenvalue weighted by molar-refractivity contribution is -0.383. The standard InChI is InChI=1S/C8H6N4O2/c9-8-5-2-1-3-6(12(13)14)7(5)10-4-11-8/h1-4H,(H2,9,10,11). The maximum Gasteiger partial charge on any atom is 0.295 e. The monoisotopic (exact) mass is 190 g/mol. The number of nitrogen functional groups attached to an aromatic ring is 1. The van der Waals surface area contributed by atoms with Gasteiger partial charge in [-0.15, -0.1) is 0 Å². The van der Waals surface area contributed by atoms with Crippen LogP contribution in [0.5, 0.6) is 0 Å². The molecule has 1 heterocycles. The second-order valence-corrected chi connectivity index (χ2v) is 2.69. The van der Waals surface area contributed by atoms with Gasteiger partial charge in [0.15, 0.2) is 5.52 Å². The van der Waals surface area contributed by atoms with E-state index in [-0.39, 0.29) is 17.0 Å². The molecule has 70 valence electrons. The number of nitrogens with zero attached hydrogens (tertiary/aromatic N) is 3. The van der Waals surface area contributed by atoms with Crippen LogP contribution >= 0.6 is 0 Å². The molecule has 0 atom stereocenters. The van der Waals surface area contributed by atoms with Crippen LogP contribution in [0.15, 0.2) is 24.5 Å². The van der Waals surface area contributed by atoms with Crippen molar-refractivity contribution >= 4 is 22.4 Å². The van der Waals surface area contributed by atoms with E-state index in [1.54, 1.807) is 12.1 Å². The normalized spacial score (nSPS) is 10.3. The molecule has 1 aromatic carbocycles. The van der Waals surface area contributed by atoms with Crippen molar-refractivity contribution in [2.75, 3.05) is 5.73 Å². The summed E-state index contributed by atoms with van der Waals surface area (Å²) in [5, 5.41) is 11.1. The van der Waals surface area contributed by atoms with Crippen LogP contribution in [-0.2, 0) is 0 Å². The molecule has 0 spiro atoms. The summed E-state index contributed by atoms with van der Waals surface area (Å²) in [5.74, 6) is 0.249. The quantitative estimate of drug-likeness (QED) is 0.537. The summed E-state index contributed by atoms with van der Waals surface area (Å²) >= 11 is 0. The number of hydrogen-bond acceptors (Lipinski definition) is 5. The number of nitro benzene ring substituents is 1. The Morgan fingerprint density at radius 3 is 2.86 bits per heavy atom. The fraction of sp³-hybridized carbons (Fsp3) is 0. The molecule has 0 aliphatic carbocycles. The molecule has 0 unspecified atom stereocenters. The number of hydrogen-bond donors (Lipinski definition) is 1. The number of aromatic nitrogens is 2. The lowest BCUT2D eigenvalue weighted by Crippen LogP contribution is -1.96. The molecule has 6 nitrogen and oxygen atoms in total. The first-order valence-electron chi connectivity index (χ1n) is 3.84. The Morgan fingerprint density at radius 2 is 2.14 bits per heavy atom. The summed E-state index contributed by atoms with van der Waals surface area (Å²) < 4.78 is 0. The SMILES string of the molecule is Nc1ncnc2c([N+](=O)[O-])cccc12. The third-order valence-corrected chi connectivity index (χ3v) is 1.87. The molecule has 0 bridgehead atoms. The van der Waals surface area contributed by atoms with Crippen molar-refractivity contribution in [3.05, 3.63) is 34.6 Å². The number of nitrogens with two attached hydrogens (primary N) is 1. The van der Waals surface area contributed by atoms with Gasteiger partial charge in [0.2, 0.25) is 0 Å². The van der Waals surface area contributed by atoms with Gasteiger partial charge in [0.25, 0.3) is 5.69 Å². The first-order valence-corrected chi connectivity index (χ1v) is 3.84. The Morgan fingerprint density at radius 1 is 1.36 bits per heavy atom. The average molecular weight is 190 g/mol. The number of nitro groups is 1. The maximum atomic E-state index is 10.6. The topological polar surface area (TPSA) is 94.9 Å². The van der Waals surface area contributed by atoms with Crippen LogP contribution in [0.2, 0.25) is 0 Å². The van der Waals surface area contributed by atoms with Gasteiger partial charge in [-0.2, -0.15) is 0 Å². The van der Waals surface area contributed by atoms with Crippen LogP contribution in [0.1, 0.15) is 0 Å². The van der Waals surface area contributed by atoms with E-state index in [1.807, 2.05) is 0 Å². The molecule has 0 fully saturated rings. The second-order valence-electron chi connectivity index (χ2n) is 2.69. The Kier molecular flexibility index (Phi) is 1.74. The summed E-state index contributed by atoms with van der Waals surface area (Å²) in [6, 6.07) is 4.59. The van der Waals surface area contributed by atoms with Crippen LogP contribution in [-0.4, -0.2) is 14.9 Å². The zero-order chi connectivity index (χ0) is 10.1. The highest BCUT2D eigenvalue weighted by molar-refractivity contribution is 5.93. The molecule has 0 saturated carbocycles. The van der Waals surface area contributed by atoms with Crippen LogP contribution in [0.3, 0.4) is 0 Å². The fourth-order valence-electron chi connectivity index (χ4n) is 1.24. The van der Waals surface area contributed by atoms with Crippen molar-refractivity contribution < 1.29 is 4.92 Å². The van der Waals surface area contributed by atoms with E-state index in [9.17, 15) is 10.1 Å². The van der Waals surface area contributed by atoms with Gasteiger partial charge in [0.1, 0.15) is 12.1 Å². The van der Waals surface area contributed by atoms with Crippen LogP contribution in [0.4, 0.5) is 11.5 Å². The highest BCUT2D eigenvalue weighted by atomic mass is 16.6. The zero-order valence-electron chi connectivity index (χ0n) is 7.04. The van der Waals surface area contributed by atoms with Gasteiger partial charge in [-0.25, -0.2) is 9.97 Å². The molecular weight excluding hydrogens is 184 g/mol. The second kappa shape index (κ2) is 2.91. The molecule has 2 N–H and O–H groups in total. The lowest BCUT2D eigenvalue weighted by atomic mass is 10.2. The van der Waals surface area contributed by atoms with Gasteiger partial charge in [-0.3, -0.25) is 10.1 Å².